The lowest BCUT2D eigenvalue weighted by Gasteiger charge is -2.35. The van der Waals surface area contributed by atoms with Gasteiger partial charge in [0, 0.05) is 56.7 Å². The molecular weight excluding hydrogens is 380 g/mol. The van der Waals surface area contributed by atoms with E-state index in [0.29, 0.717) is 6.04 Å². The zero-order valence-electron chi connectivity index (χ0n) is 19.4. The van der Waals surface area contributed by atoms with Gasteiger partial charge in [-0.25, -0.2) is 0 Å². The summed E-state index contributed by atoms with van der Waals surface area (Å²) in [5.41, 5.74) is 8.12. The van der Waals surface area contributed by atoms with Crippen LogP contribution in [0.5, 0.6) is 0 Å². The number of nitrogens with one attached hydrogen (secondary N) is 1. The Bertz CT molecular complexity index is 972. The van der Waals surface area contributed by atoms with Crippen molar-refractivity contribution in [3.63, 3.8) is 0 Å². The summed E-state index contributed by atoms with van der Waals surface area (Å²) >= 11 is 0. The summed E-state index contributed by atoms with van der Waals surface area (Å²) in [6, 6.07) is 20.1. The summed E-state index contributed by atoms with van der Waals surface area (Å²) in [4.78, 5) is 4.88. The second kappa shape index (κ2) is 9.82. The minimum Gasteiger partial charge on any atom is -0.345 e. The molecule has 2 heterocycles. The van der Waals surface area contributed by atoms with E-state index in [1.165, 1.54) is 33.5 Å². The maximum Gasteiger partial charge on any atom is 0.0611 e. The first-order valence-electron chi connectivity index (χ1n) is 11.4. The van der Waals surface area contributed by atoms with Crippen LogP contribution >= 0.6 is 0 Å². The van der Waals surface area contributed by atoms with Gasteiger partial charge in [-0.05, 0) is 44.6 Å². The molecule has 1 aliphatic heterocycles. The van der Waals surface area contributed by atoms with Crippen molar-refractivity contribution in [1.82, 2.24) is 19.7 Å². The molecule has 3 aromatic rings. The Balaban J connectivity index is 1.71. The summed E-state index contributed by atoms with van der Waals surface area (Å²) in [6.07, 6.45) is 2.35. The molecule has 0 bridgehead atoms. The molecule has 0 spiro atoms. The first-order valence-corrected chi connectivity index (χ1v) is 11.4. The third-order valence-corrected chi connectivity index (χ3v) is 6.30. The number of aromatic nitrogens is 1. The van der Waals surface area contributed by atoms with Crippen molar-refractivity contribution < 1.29 is 0 Å². The Kier molecular flexibility index (Phi) is 6.91. The van der Waals surface area contributed by atoms with Crippen molar-refractivity contribution in [1.29, 1.82) is 0 Å². The summed E-state index contributed by atoms with van der Waals surface area (Å²) in [6.45, 7) is 10.7. The predicted molar refractivity (Wildman–Crippen MR) is 131 cm³/mol. The van der Waals surface area contributed by atoms with Crippen LogP contribution in [0.4, 0.5) is 0 Å². The van der Waals surface area contributed by atoms with E-state index >= 15 is 0 Å². The third-order valence-electron chi connectivity index (χ3n) is 6.30. The quantitative estimate of drug-likeness (QED) is 0.620. The first-order chi connectivity index (χ1) is 15.0. The molecule has 1 aliphatic rings. The van der Waals surface area contributed by atoms with Crippen LogP contribution in [-0.2, 0) is 6.54 Å². The van der Waals surface area contributed by atoms with Gasteiger partial charge in [-0.1, -0.05) is 60.2 Å². The third kappa shape index (κ3) is 5.27. The highest BCUT2D eigenvalue weighted by Gasteiger charge is 2.27. The van der Waals surface area contributed by atoms with Gasteiger partial charge in [0.25, 0.3) is 0 Å². The molecule has 0 amide bonds. The first kappa shape index (κ1) is 21.8. The topological polar surface area (TPSA) is 23.4 Å². The van der Waals surface area contributed by atoms with E-state index in [9.17, 15) is 0 Å². The van der Waals surface area contributed by atoms with Crippen molar-refractivity contribution in [3.8, 4) is 11.1 Å². The Morgan fingerprint density at radius 2 is 1.74 bits per heavy atom. The summed E-state index contributed by atoms with van der Waals surface area (Å²) in [5.74, 6) is 0. The van der Waals surface area contributed by atoms with Crippen molar-refractivity contribution in [2.45, 2.75) is 26.4 Å². The second-order valence-electron chi connectivity index (χ2n) is 9.16. The highest BCUT2D eigenvalue weighted by Crippen LogP contribution is 2.35. The molecule has 164 valence electrons. The lowest BCUT2D eigenvalue weighted by atomic mass is 9.96. The van der Waals surface area contributed by atoms with Gasteiger partial charge >= 0.3 is 0 Å². The van der Waals surface area contributed by atoms with Crippen molar-refractivity contribution in [2.75, 3.05) is 46.8 Å². The number of rotatable bonds is 7. The van der Waals surface area contributed by atoms with Crippen LogP contribution in [0.25, 0.3) is 11.1 Å². The van der Waals surface area contributed by atoms with E-state index in [1.54, 1.807) is 0 Å². The van der Waals surface area contributed by atoms with E-state index in [1.807, 2.05) is 0 Å². The minimum absolute atomic E-state index is 0.324. The highest BCUT2D eigenvalue weighted by molar-refractivity contribution is 5.71. The number of hydrogen-bond acceptors (Lipinski definition) is 3. The highest BCUT2D eigenvalue weighted by atomic mass is 15.2. The molecule has 4 heteroatoms. The fourth-order valence-corrected chi connectivity index (χ4v) is 4.63. The van der Waals surface area contributed by atoms with Gasteiger partial charge in [-0.2, -0.15) is 0 Å². The van der Waals surface area contributed by atoms with Crippen LogP contribution in [0, 0.1) is 13.8 Å². The SMILES string of the molecule is Cc1ccc(-c2c(C)cn(Cc3ccccc3)c2C2CN(CCN(C)C)CCN2)cc1. The largest absolute Gasteiger partial charge is 0.345 e. The molecule has 4 nitrogen and oxygen atoms in total. The van der Waals surface area contributed by atoms with Crippen molar-refractivity contribution in [3.05, 3.63) is 83.2 Å². The van der Waals surface area contributed by atoms with Gasteiger partial charge in [0.1, 0.15) is 0 Å². The number of nitrogens with zero attached hydrogens (tertiary/aromatic N) is 3. The summed E-state index contributed by atoms with van der Waals surface area (Å²) < 4.78 is 2.48. The van der Waals surface area contributed by atoms with E-state index < -0.39 is 0 Å². The van der Waals surface area contributed by atoms with Gasteiger partial charge < -0.3 is 14.8 Å². The number of hydrogen-bond donors (Lipinski definition) is 1. The monoisotopic (exact) mass is 416 g/mol. The average molecular weight is 417 g/mol. The maximum absolute atomic E-state index is 3.84. The molecule has 1 saturated heterocycles. The lowest BCUT2D eigenvalue weighted by molar-refractivity contribution is 0.181. The van der Waals surface area contributed by atoms with Crippen LogP contribution in [0.3, 0.4) is 0 Å². The van der Waals surface area contributed by atoms with E-state index in [0.717, 1.165) is 39.3 Å². The van der Waals surface area contributed by atoms with Gasteiger partial charge in [0.15, 0.2) is 0 Å². The molecule has 31 heavy (non-hydrogen) atoms. The van der Waals surface area contributed by atoms with Crippen molar-refractivity contribution >= 4 is 0 Å². The molecule has 0 saturated carbocycles. The van der Waals surface area contributed by atoms with Gasteiger partial charge in [-0.3, -0.25) is 4.90 Å². The molecule has 1 aromatic heterocycles. The number of likely N-dealkylation sites (N-methyl/N-ethyl adjacent to an activating group) is 1. The number of aryl methyl sites for hydroxylation is 2. The Morgan fingerprint density at radius 1 is 1.00 bits per heavy atom. The average Bonchev–Trinajstić information content (AvgIpc) is 3.09. The minimum atomic E-state index is 0.324. The van der Waals surface area contributed by atoms with Gasteiger partial charge in [0.05, 0.1) is 6.04 Å². The molecule has 1 N–H and O–H groups in total. The zero-order valence-corrected chi connectivity index (χ0v) is 19.4. The van der Waals surface area contributed by atoms with Crippen LogP contribution < -0.4 is 5.32 Å². The van der Waals surface area contributed by atoms with Gasteiger partial charge in [0.2, 0.25) is 0 Å². The molecule has 1 unspecified atom stereocenters. The second-order valence-corrected chi connectivity index (χ2v) is 9.16. The van der Waals surface area contributed by atoms with E-state index in [4.69, 9.17) is 0 Å². The maximum atomic E-state index is 3.84. The molecular formula is C27H36N4. The fourth-order valence-electron chi connectivity index (χ4n) is 4.63. The fraction of sp³-hybridized carbons (Fsp3) is 0.407. The molecule has 1 atom stereocenters. The van der Waals surface area contributed by atoms with Crippen LogP contribution in [0.1, 0.15) is 28.4 Å². The Labute approximate surface area is 187 Å². The normalized spacial score (nSPS) is 17.4. The molecule has 4 rings (SSSR count). The Hall–Kier alpha value is -2.40. The molecule has 0 radical (unpaired) electrons. The zero-order chi connectivity index (χ0) is 21.8. The Morgan fingerprint density at radius 3 is 2.45 bits per heavy atom. The number of benzene rings is 2. The predicted octanol–water partition coefficient (Wildman–Crippen LogP) is 4.33. The van der Waals surface area contributed by atoms with Crippen LogP contribution in [-0.4, -0.2) is 61.2 Å². The van der Waals surface area contributed by atoms with E-state index in [-0.39, 0.29) is 0 Å². The van der Waals surface area contributed by atoms with Crippen LogP contribution in [0.15, 0.2) is 60.8 Å². The summed E-state index contributed by atoms with van der Waals surface area (Å²) in [5, 5.41) is 3.84. The standard InChI is InChI=1S/C27H36N4/c1-21-10-12-24(13-11-21)26-22(2)18-31(19-23-8-6-5-7-9-23)27(26)25-20-30(15-14-28-25)17-16-29(3)4/h5-13,18,25,28H,14-17,19-20H2,1-4H3. The smallest absolute Gasteiger partial charge is 0.0611 e. The lowest BCUT2D eigenvalue weighted by Crippen LogP contribution is -2.48. The molecule has 2 aromatic carbocycles. The summed E-state index contributed by atoms with van der Waals surface area (Å²) in [7, 11) is 4.31. The van der Waals surface area contributed by atoms with Gasteiger partial charge in [-0.15, -0.1) is 0 Å². The molecule has 0 aliphatic carbocycles. The number of piperazine rings is 1. The van der Waals surface area contributed by atoms with E-state index in [2.05, 4.69) is 108 Å². The van der Waals surface area contributed by atoms with Crippen LogP contribution in [0.2, 0.25) is 0 Å². The van der Waals surface area contributed by atoms with Crippen molar-refractivity contribution in [2.24, 2.45) is 0 Å². The molecule has 1 fully saturated rings.